The molecule has 4 rings (SSSR count). The van der Waals surface area contributed by atoms with E-state index >= 15 is 0 Å². The van der Waals surface area contributed by atoms with Crippen LogP contribution in [0.25, 0.3) is 0 Å². The van der Waals surface area contributed by atoms with Crippen molar-refractivity contribution in [1.82, 2.24) is 0 Å². The van der Waals surface area contributed by atoms with Crippen molar-refractivity contribution in [3.63, 3.8) is 0 Å². The van der Waals surface area contributed by atoms with Crippen LogP contribution in [-0.2, 0) is 36.6 Å². The molecule has 1 aromatic rings. The van der Waals surface area contributed by atoms with Crippen molar-refractivity contribution in [2.75, 3.05) is 0 Å². The van der Waals surface area contributed by atoms with Crippen LogP contribution in [0, 0.1) is 0 Å². The first-order chi connectivity index (χ1) is 11.1. The van der Waals surface area contributed by atoms with Gasteiger partial charge in [-0.15, -0.1) is 9.78 Å². The number of thioether (sulfide) groups is 1. The fraction of sp³-hybridized carbons (Fsp3) is 0.312. The number of halogens is 1. The summed E-state index contributed by atoms with van der Waals surface area (Å²) >= 11 is 1.45. The quantitative estimate of drug-likeness (QED) is 0.465. The van der Waals surface area contributed by atoms with Crippen LogP contribution in [0.15, 0.2) is 45.7 Å². The molecule has 0 N–H and O–H groups in total. The molecule has 1 aliphatic carbocycles. The van der Waals surface area contributed by atoms with E-state index in [2.05, 4.69) is 0 Å². The molecule has 0 unspecified atom stereocenters. The molecule has 120 valence electrons. The third-order valence-electron chi connectivity index (χ3n) is 3.69. The summed E-state index contributed by atoms with van der Waals surface area (Å²) in [6.45, 7) is 1.49. The molecule has 23 heavy (non-hydrogen) atoms. The van der Waals surface area contributed by atoms with Gasteiger partial charge in [0, 0.05) is 16.7 Å². The Balaban J connectivity index is 1.70. The molecule has 3 aliphatic rings. The van der Waals surface area contributed by atoms with Crippen LogP contribution >= 0.6 is 11.8 Å². The van der Waals surface area contributed by atoms with Gasteiger partial charge in [-0.25, -0.2) is 4.39 Å². The average molecular weight is 336 g/mol. The van der Waals surface area contributed by atoms with Gasteiger partial charge in [-0.2, -0.15) is 0 Å². The molecule has 1 saturated heterocycles. The van der Waals surface area contributed by atoms with E-state index in [0.717, 1.165) is 15.4 Å². The maximum Gasteiger partial charge on any atom is 0.411 e. The van der Waals surface area contributed by atoms with Crippen LogP contribution in [0.3, 0.4) is 0 Å². The molecule has 5 nitrogen and oxygen atoms in total. The van der Waals surface area contributed by atoms with Gasteiger partial charge in [0.1, 0.15) is 6.61 Å². The lowest BCUT2D eigenvalue weighted by Crippen LogP contribution is -2.15. The van der Waals surface area contributed by atoms with Crippen molar-refractivity contribution in [3.8, 4) is 0 Å². The van der Waals surface area contributed by atoms with E-state index in [1.807, 2.05) is 12.1 Å². The predicted octanol–water partition coefficient (Wildman–Crippen LogP) is 3.80. The first-order valence-corrected chi connectivity index (χ1v) is 7.99. The van der Waals surface area contributed by atoms with Crippen molar-refractivity contribution >= 4 is 17.7 Å². The first kappa shape index (κ1) is 14.7. The van der Waals surface area contributed by atoms with E-state index in [9.17, 15) is 9.18 Å². The molecule has 1 spiro atoms. The van der Waals surface area contributed by atoms with E-state index in [-0.39, 0.29) is 18.3 Å². The summed E-state index contributed by atoms with van der Waals surface area (Å²) < 4.78 is 24.8. The molecule has 0 aromatic heterocycles. The maximum absolute atomic E-state index is 14.1. The summed E-state index contributed by atoms with van der Waals surface area (Å²) in [7, 11) is 0. The number of carbonyl (C=O) groups is 1. The highest BCUT2D eigenvalue weighted by atomic mass is 32.2. The van der Waals surface area contributed by atoms with Gasteiger partial charge >= 0.3 is 11.9 Å². The van der Waals surface area contributed by atoms with Crippen molar-refractivity contribution in [2.45, 2.75) is 37.2 Å². The topological polar surface area (TPSA) is 60.6 Å². The molecule has 0 radical (unpaired) electrons. The summed E-state index contributed by atoms with van der Waals surface area (Å²) in [6.07, 6.45) is 2.84. The summed E-state index contributed by atoms with van der Waals surface area (Å²) in [5.41, 5.74) is 1.42. The SMILES string of the molecule is CC(=O)OCc1ccc2c(c1)C1(OO1)OC1=C(CCC=C1F)S2. The second-order valence-electron chi connectivity index (χ2n) is 5.38. The van der Waals surface area contributed by atoms with Gasteiger partial charge < -0.3 is 9.47 Å². The number of rotatable bonds is 2. The number of hydrogen-bond acceptors (Lipinski definition) is 6. The van der Waals surface area contributed by atoms with Gasteiger partial charge in [-0.05, 0) is 36.6 Å². The molecular formula is C16H13FO5S. The molecule has 7 heteroatoms. The zero-order valence-electron chi connectivity index (χ0n) is 12.3. The third-order valence-corrected chi connectivity index (χ3v) is 4.90. The fourth-order valence-corrected chi connectivity index (χ4v) is 3.68. The minimum atomic E-state index is -1.41. The van der Waals surface area contributed by atoms with Gasteiger partial charge in [0.2, 0.25) is 0 Å². The Morgan fingerprint density at radius 3 is 3.00 bits per heavy atom. The zero-order chi connectivity index (χ0) is 16.0. The molecule has 0 atom stereocenters. The highest BCUT2D eigenvalue weighted by Gasteiger charge is 2.58. The minimum absolute atomic E-state index is 0.144. The number of benzene rings is 1. The van der Waals surface area contributed by atoms with Gasteiger partial charge in [-0.3, -0.25) is 4.79 Å². The molecule has 2 aliphatic heterocycles. The second kappa shape index (κ2) is 5.36. The number of carbonyl (C=O) groups excluding carboxylic acids is 1. The van der Waals surface area contributed by atoms with Gasteiger partial charge in [-0.1, -0.05) is 17.8 Å². The fourth-order valence-electron chi connectivity index (χ4n) is 2.54. The number of ether oxygens (including phenoxy) is 2. The number of fused-ring (bicyclic) bond motifs is 2. The van der Waals surface area contributed by atoms with Crippen LogP contribution in [0.1, 0.15) is 30.9 Å². The largest absolute Gasteiger partial charge is 0.461 e. The number of esters is 1. The van der Waals surface area contributed by atoms with E-state index < -0.39 is 11.8 Å². The van der Waals surface area contributed by atoms with E-state index in [4.69, 9.17) is 19.2 Å². The highest BCUT2D eigenvalue weighted by Crippen LogP contribution is 2.54. The van der Waals surface area contributed by atoms with Crippen LogP contribution in [-0.4, -0.2) is 5.97 Å². The average Bonchev–Trinajstić information content (AvgIpc) is 3.32. The Bertz CT molecular complexity index is 751. The zero-order valence-corrected chi connectivity index (χ0v) is 13.1. The Labute approximate surface area is 136 Å². The first-order valence-electron chi connectivity index (χ1n) is 7.17. The Hall–Kier alpha value is -1.83. The van der Waals surface area contributed by atoms with Gasteiger partial charge in [0.15, 0.2) is 11.6 Å². The molecule has 0 amide bonds. The minimum Gasteiger partial charge on any atom is -0.461 e. The smallest absolute Gasteiger partial charge is 0.411 e. The van der Waals surface area contributed by atoms with Crippen molar-refractivity contribution in [2.24, 2.45) is 0 Å². The Morgan fingerprint density at radius 1 is 1.43 bits per heavy atom. The van der Waals surface area contributed by atoms with Gasteiger partial charge in [0.25, 0.3) is 0 Å². The van der Waals surface area contributed by atoms with Crippen LogP contribution in [0.4, 0.5) is 4.39 Å². The summed E-state index contributed by atoms with van der Waals surface area (Å²) in [4.78, 5) is 22.7. The van der Waals surface area contributed by atoms with Crippen LogP contribution < -0.4 is 0 Å². The summed E-state index contributed by atoms with van der Waals surface area (Å²) in [6, 6.07) is 5.52. The summed E-state index contributed by atoms with van der Waals surface area (Å²) in [5.74, 6) is -1.99. The number of allylic oxidation sites excluding steroid dienone is 3. The lowest BCUT2D eigenvalue weighted by atomic mass is 10.1. The van der Waals surface area contributed by atoms with Crippen molar-refractivity contribution in [3.05, 3.63) is 51.9 Å². The molecular weight excluding hydrogens is 323 g/mol. The maximum atomic E-state index is 14.1. The monoisotopic (exact) mass is 336 g/mol. The second-order valence-corrected chi connectivity index (χ2v) is 6.52. The number of hydrogen-bond donors (Lipinski definition) is 0. The predicted molar refractivity (Wildman–Crippen MR) is 78.2 cm³/mol. The van der Waals surface area contributed by atoms with Crippen LogP contribution in [0.2, 0.25) is 0 Å². The highest BCUT2D eigenvalue weighted by molar-refractivity contribution is 8.03. The lowest BCUT2D eigenvalue weighted by molar-refractivity contribution is -0.142. The molecule has 2 heterocycles. The van der Waals surface area contributed by atoms with Crippen molar-refractivity contribution < 1.29 is 28.4 Å². The molecule has 1 aromatic carbocycles. The van der Waals surface area contributed by atoms with Gasteiger partial charge in [0.05, 0.1) is 5.56 Å². The van der Waals surface area contributed by atoms with E-state index in [0.29, 0.717) is 18.4 Å². The van der Waals surface area contributed by atoms with E-state index in [1.54, 1.807) is 6.07 Å². The molecule has 0 bridgehead atoms. The Kier molecular flexibility index (Phi) is 3.44. The molecule has 1 fully saturated rings. The third kappa shape index (κ3) is 2.65. The lowest BCUT2D eigenvalue weighted by Gasteiger charge is -2.15. The molecule has 0 saturated carbocycles. The Morgan fingerprint density at radius 2 is 2.26 bits per heavy atom. The summed E-state index contributed by atoms with van der Waals surface area (Å²) in [5, 5.41) is 0. The standard InChI is InChI=1S/C16H13FO5S/c1-9(18)19-8-10-5-6-13-11(7-10)16(21-22-16)20-15-12(17)3-2-4-14(15)23-13/h3,5-7H,2,4,8H2,1H3. The van der Waals surface area contributed by atoms with E-state index in [1.165, 1.54) is 24.8 Å². The normalized spacial score (nSPS) is 20.9. The van der Waals surface area contributed by atoms with Crippen LogP contribution in [0.5, 0.6) is 0 Å². The van der Waals surface area contributed by atoms with Crippen molar-refractivity contribution in [1.29, 1.82) is 0 Å².